The first-order valence-electron chi connectivity index (χ1n) is 4.21. The Bertz CT molecular complexity index is 253. The highest BCUT2D eigenvalue weighted by atomic mass is 16.5. The second-order valence-electron chi connectivity index (χ2n) is 3.05. The minimum atomic E-state index is 0.422. The predicted molar refractivity (Wildman–Crippen MR) is 44.6 cm³/mol. The van der Waals surface area contributed by atoms with Crippen LogP contribution >= 0.6 is 0 Å². The molecule has 66 valence electrons. The molecule has 1 aromatic rings. The molecular formula is C8H13N3O. The van der Waals surface area contributed by atoms with E-state index in [4.69, 9.17) is 10.5 Å². The van der Waals surface area contributed by atoms with E-state index < -0.39 is 0 Å². The summed E-state index contributed by atoms with van der Waals surface area (Å²) in [5.41, 5.74) is 6.56. The maximum absolute atomic E-state index is 5.48. The standard InChI is InChI=1S/C8H13N3O/c9-3-7-4-10-11(5-7)8-1-2-12-6-8/h4-5,8H,1-3,6,9H2. The number of aromatic nitrogens is 2. The molecule has 0 aliphatic carbocycles. The average Bonchev–Trinajstić information content (AvgIpc) is 2.75. The van der Waals surface area contributed by atoms with E-state index in [0.717, 1.165) is 25.2 Å². The molecule has 1 aromatic heterocycles. The van der Waals surface area contributed by atoms with E-state index in [0.29, 0.717) is 12.6 Å². The number of hydrogen-bond donors (Lipinski definition) is 1. The number of rotatable bonds is 2. The summed E-state index contributed by atoms with van der Waals surface area (Å²) in [6, 6.07) is 0.422. The molecule has 4 nitrogen and oxygen atoms in total. The maximum atomic E-state index is 5.48. The number of nitrogens with two attached hydrogens (primary N) is 1. The highest BCUT2D eigenvalue weighted by Gasteiger charge is 2.17. The topological polar surface area (TPSA) is 53.1 Å². The third-order valence-electron chi connectivity index (χ3n) is 2.17. The summed E-state index contributed by atoms with van der Waals surface area (Å²) >= 11 is 0. The molecule has 0 radical (unpaired) electrons. The quantitative estimate of drug-likeness (QED) is 0.689. The van der Waals surface area contributed by atoms with Gasteiger partial charge in [0, 0.05) is 24.9 Å². The summed E-state index contributed by atoms with van der Waals surface area (Å²) in [5.74, 6) is 0. The Morgan fingerprint density at radius 3 is 3.25 bits per heavy atom. The van der Waals surface area contributed by atoms with Crippen LogP contribution in [0.4, 0.5) is 0 Å². The molecule has 1 aliphatic heterocycles. The number of hydrogen-bond acceptors (Lipinski definition) is 3. The van der Waals surface area contributed by atoms with Gasteiger partial charge < -0.3 is 10.5 Å². The molecule has 1 atom stereocenters. The van der Waals surface area contributed by atoms with Crippen molar-refractivity contribution in [2.24, 2.45) is 5.73 Å². The molecule has 1 unspecified atom stereocenters. The SMILES string of the molecule is NCc1cnn(C2CCOC2)c1. The van der Waals surface area contributed by atoms with Gasteiger partial charge in [-0.15, -0.1) is 0 Å². The lowest BCUT2D eigenvalue weighted by molar-refractivity contribution is 0.184. The smallest absolute Gasteiger partial charge is 0.0774 e. The number of ether oxygens (including phenoxy) is 1. The Morgan fingerprint density at radius 1 is 1.75 bits per heavy atom. The molecule has 0 aromatic carbocycles. The summed E-state index contributed by atoms with van der Waals surface area (Å²) in [6.45, 7) is 2.20. The second-order valence-corrected chi connectivity index (χ2v) is 3.05. The second kappa shape index (κ2) is 3.25. The summed E-state index contributed by atoms with van der Waals surface area (Å²) in [6.07, 6.45) is 4.88. The summed E-state index contributed by atoms with van der Waals surface area (Å²) in [7, 11) is 0. The molecule has 0 spiro atoms. The molecule has 2 N–H and O–H groups in total. The van der Waals surface area contributed by atoms with Gasteiger partial charge in [0.1, 0.15) is 0 Å². The highest BCUT2D eigenvalue weighted by molar-refractivity contribution is 5.03. The Balaban J connectivity index is 2.11. The minimum Gasteiger partial charge on any atom is -0.379 e. The molecule has 2 heterocycles. The Morgan fingerprint density at radius 2 is 2.67 bits per heavy atom. The van der Waals surface area contributed by atoms with E-state index in [1.165, 1.54) is 0 Å². The van der Waals surface area contributed by atoms with Gasteiger partial charge in [-0.3, -0.25) is 4.68 Å². The molecule has 0 saturated carbocycles. The van der Waals surface area contributed by atoms with Crippen LogP contribution in [0.25, 0.3) is 0 Å². The van der Waals surface area contributed by atoms with Gasteiger partial charge in [-0.2, -0.15) is 5.10 Å². The van der Waals surface area contributed by atoms with Crippen molar-refractivity contribution in [2.75, 3.05) is 13.2 Å². The van der Waals surface area contributed by atoms with Crippen LogP contribution in [0.2, 0.25) is 0 Å². The zero-order valence-corrected chi connectivity index (χ0v) is 6.94. The van der Waals surface area contributed by atoms with Crippen LogP contribution in [-0.4, -0.2) is 23.0 Å². The third kappa shape index (κ3) is 1.35. The van der Waals surface area contributed by atoms with Crippen molar-refractivity contribution in [1.82, 2.24) is 9.78 Å². The molecular weight excluding hydrogens is 154 g/mol. The van der Waals surface area contributed by atoms with Crippen LogP contribution in [0.5, 0.6) is 0 Å². The Hall–Kier alpha value is -0.870. The van der Waals surface area contributed by atoms with Crippen LogP contribution in [-0.2, 0) is 11.3 Å². The normalized spacial score (nSPS) is 23.2. The van der Waals surface area contributed by atoms with Gasteiger partial charge in [0.05, 0.1) is 18.8 Å². The average molecular weight is 167 g/mol. The summed E-state index contributed by atoms with van der Waals surface area (Å²) in [5, 5.41) is 4.23. The van der Waals surface area contributed by atoms with E-state index in [1.807, 2.05) is 17.1 Å². The van der Waals surface area contributed by atoms with Gasteiger partial charge in [-0.1, -0.05) is 0 Å². The van der Waals surface area contributed by atoms with E-state index >= 15 is 0 Å². The molecule has 1 fully saturated rings. The van der Waals surface area contributed by atoms with Crippen LogP contribution in [0.1, 0.15) is 18.0 Å². The Kier molecular flexibility index (Phi) is 2.10. The molecule has 0 bridgehead atoms. The van der Waals surface area contributed by atoms with Crippen molar-refractivity contribution in [3.63, 3.8) is 0 Å². The lowest BCUT2D eigenvalue weighted by Crippen LogP contribution is -2.08. The lowest BCUT2D eigenvalue weighted by atomic mass is 10.3. The van der Waals surface area contributed by atoms with Gasteiger partial charge >= 0.3 is 0 Å². The minimum absolute atomic E-state index is 0.422. The first-order valence-corrected chi connectivity index (χ1v) is 4.21. The fourth-order valence-electron chi connectivity index (χ4n) is 1.41. The summed E-state index contributed by atoms with van der Waals surface area (Å²) in [4.78, 5) is 0. The van der Waals surface area contributed by atoms with Gasteiger partial charge in [0.2, 0.25) is 0 Å². The molecule has 2 rings (SSSR count). The van der Waals surface area contributed by atoms with E-state index in [9.17, 15) is 0 Å². The van der Waals surface area contributed by atoms with E-state index in [-0.39, 0.29) is 0 Å². The lowest BCUT2D eigenvalue weighted by Gasteiger charge is -2.06. The zero-order chi connectivity index (χ0) is 8.39. The maximum Gasteiger partial charge on any atom is 0.0774 e. The van der Waals surface area contributed by atoms with Crippen LogP contribution in [0.3, 0.4) is 0 Å². The first kappa shape index (κ1) is 7.76. The van der Waals surface area contributed by atoms with Crippen molar-refractivity contribution in [3.8, 4) is 0 Å². The van der Waals surface area contributed by atoms with Crippen molar-refractivity contribution >= 4 is 0 Å². The monoisotopic (exact) mass is 167 g/mol. The third-order valence-corrected chi connectivity index (χ3v) is 2.17. The van der Waals surface area contributed by atoms with Crippen molar-refractivity contribution in [3.05, 3.63) is 18.0 Å². The van der Waals surface area contributed by atoms with Crippen molar-refractivity contribution < 1.29 is 4.74 Å². The largest absolute Gasteiger partial charge is 0.379 e. The van der Waals surface area contributed by atoms with Gasteiger partial charge in [0.25, 0.3) is 0 Å². The fraction of sp³-hybridized carbons (Fsp3) is 0.625. The highest BCUT2D eigenvalue weighted by Crippen LogP contribution is 2.17. The van der Waals surface area contributed by atoms with Gasteiger partial charge in [-0.25, -0.2) is 0 Å². The first-order chi connectivity index (χ1) is 5.90. The van der Waals surface area contributed by atoms with E-state index in [1.54, 1.807) is 0 Å². The van der Waals surface area contributed by atoms with Crippen LogP contribution in [0.15, 0.2) is 12.4 Å². The molecule has 1 saturated heterocycles. The fourth-order valence-corrected chi connectivity index (χ4v) is 1.41. The number of nitrogens with zero attached hydrogens (tertiary/aromatic N) is 2. The predicted octanol–water partition coefficient (Wildman–Crippen LogP) is 0.303. The molecule has 4 heteroatoms. The zero-order valence-electron chi connectivity index (χ0n) is 6.94. The van der Waals surface area contributed by atoms with Crippen LogP contribution < -0.4 is 5.73 Å². The molecule has 12 heavy (non-hydrogen) atoms. The van der Waals surface area contributed by atoms with E-state index in [2.05, 4.69) is 5.10 Å². The molecule has 0 amide bonds. The van der Waals surface area contributed by atoms with Crippen LogP contribution in [0, 0.1) is 0 Å². The van der Waals surface area contributed by atoms with Gasteiger partial charge in [-0.05, 0) is 6.42 Å². The summed E-state index contributed by atoms with van der Waals surface area (Å²) < 4.78 is 7.22. The van der Waals surface area contributed by atoms with Crippen molar-refractivity contribution in [1.29, 1.82) is 0 Å². The van der Waals surface area contributed by atoms with Crippen molar-refractivity contribution in [2.45, 2.75) is 19.0 Å². The Labute approximate surface area is 71.3 Å². The van der Waals surface area contributed by atoms with Gasteiger partial charge in [0.15, 0.2) is 0 Å². The molecule has 1 aliphatic rings.